The van der Waals surface area contributed by atoms with E-state index in [4.69, 9.17) is 0 Å². The number of aromatic nitrogens is 2. The summed E-state index contributed by atoms with van der Waals surface area (Å²) in [5.74, 6) is 0. The predicted molar refractivity (Wildman–Crippen MR) is 97.4 cm³/mol. The Hall–Kier alpha value is -1.56. The number of hydrogen-bond donors (Lipinski definition) is 1. The van der Waals surface area contributed by atoms with Gasteiger partial charge in [0.25, 0.3) is 0 Å². The lowest BCUT2D eigenvalue weighted by Gasteiger charge is -2.32. The average Bonchev–Trinajstić information content (AvgIpc) is 3.08. The maximum atomic E-state index is 13.0. The molecule has 3 aliphatic rings. The largest absolute Gasteiger partial charge is 0.331 e. The van der Waals surface area contributed by atoms with Crippen LogP contribution in [0.5, 0.6) is 0 Å². The molecule has 6 heteroatoms. The second-order valence-corrected chi connectivity index (χ2v) is 8.23. The minimum absolute atomic E-state index is 0.109. The van der Waals surface area contributed by atoms with Crippen molar-refractivity contribution >= 4 is 6.03 Å². The first kappa shape index (κ1) is 16.9. The zero-order chi connectivity index (χ0) is 17.6. The van der Waals surface area contributed by atoms with Crippen LogP contribution in [0.25, 0.3) is 0 Å². The summed E-state index contributed by atoms with van der Waals surface area (Å²) in [6, 6.07) is 1.97. The van der Waals surface area contributed by atoms with E-state index in [0.717, 1.165) is 38.8 Å². The average molecular weight is 345 g/mol. The Balaban J connectivity index is 1.44. The highest BCUT2D eigenvalue weighted by molar-refractivity contribution is 5.75. The number of hydrogen-bond acceptors (Lipinski definition) is 3. The molecule has 0 saturated carbocycles. The summed E-state index contributed by atoms with van der Waals surface area (Å²) >= 11 is 0. The van der Waals surface area contributed by atoms with Gasteiger partial charge in [-0.3, -0.25) is 9.58 Å². The van der Waals surface area contributed by atoms with Crippen LogP contribution in [0.15, 0.2) is 6.20 Å². The molecule has 138 valence electrons. The molecule has 1 N–H and O–H groups in total. The summed E-state index contributed by atoms with van der Waals surface area (Å²) < 4.78 is 1.96. The molecule has 2 aliphatic heterocycles. The molecule has 25 heavy (non-hydrogen) atoms. The fourth-order valence-electron chi connectivity index (χ4n) is 5.23. The number of nitrogens with zero attached hydrogens (tertiary/aromatic N) is 4. The second kappa shape index (κ2) is 6.63. The summed E-state index contributed by atoms with van der Waals surface area (Å²) in [5.41, 5.74) is 2.49. The van der Waals surface area contributed by atoms with Crippen LogP contribution in [0.3, 0.4) is 0 Å². The smallest absolute Gasteiger partial charge is 0.317 e. The lowest BCUT2D eigenvalue weighted by molar-refractivity contribution is 0.146. The number of nitrogens with one attached hydrogen (secondary N) is 1. The van der Waals surface area contributed by atoms with Crippen LogP contribution in [0.1, 0.15) is 63.3 Å². The molecule has 4 rings (SSSR count). The van der Waals surface area contributed by atoms with Gasteiger partial charge in [0.2, 0.25) is 0 Å². The lowest BCUT2D eigenvalue weighted by Crippen LogP contribution is -2.47. The van der Waals surface area contributed by atoms with Gasteiger partial charge in [0.1, 0.15) is 0 Å². The van der Waals surface area contributed by atoms with Crippen LogP contribution in [0.4, 0.5) is 4.79 Å². The molecule has 2 amide bonds. The van der Waals surface area contributed by atoms with Crippen LogP contribution in [0, 0.1) is 0 Å². The molecule has 1 aromatic heterocycles. The van der Waals surface area contributed by atoms with E-state index in [-0.39, 0.29) is 12.1 Å². The molecule has 3 atom stereocenters. The summed E-state index contributed by atoms with van der Waals surface area (Å²) in [6.45, 7) is 6.32. The molecule has 0 unspecified atom stereocenters. The number of fused-ring (bicyclic) bond motifs is 3. The van der Waals surface area contributed by atoms with Crippen LogP contribution in [0.2, 0.25) is 0 Å². The molecule has 0 aromatic carbocycles. The second-order valence-electron chi connectivity index (χ2n) is 8.23. The number of carbonyl (C=O) groups is 1. The van der Waals surface area contributed by atoms with Gasteiger partial charge in [0.05, 0.1) is 12.2 Å². The molecule has 2 saturated heterocycles. The third kappa shape index (κ3) is 3.05. The Morgan fingerprint density at radius 3 is 2.84 bits per heavy atom. The lowest BCUT2D eigenvalue weighted by atomic mass is 9.93. The van der Waals surface area contributed by atoms with E-state index in [1.807, 2.05) is 17.9 Å². The van der Waals surface area contributed by atoms with Gasteiger partial charge in [-0.1, -0.05) is 0 Å². The third-order valence-electron chi connectivity index (χ3n) is 6.40. The Morgan fingerprint density at radius 2 is 2.04 bits per heavy atom. The number of rotatable bonds is 2. The fraction of sp³-hybridized carbons (Fsp3) is 0.789. The summed E-state index contributed by atoms with van der Waals surface area (Å²) in [5, 5.41) is 7.69. The van der Waals surface area contributed by atoms with Crippen LogP contribution in [-0.2, 0) is 13.5 Å². The third-order valence-corrected chi connectivity index (χ3v) is 6.40. The molecule has 2 fully saturated rings. The van der Waals surface area contributed by atoms with E-state index < -0.39 is 0 Å². The molecular formula is C19H31N5O. The van der Waals surface area contributed by atoms with Crippen molar-refractivity contribution in [2.45, 2.75) is 76.5 Å². The van der Waals surface area contributed by atoms with E-state index in [2.05, 4.69) is 34.1 Å². The highest BCUT2D eigenvalue weighted by Gasteiger charge is 2.39. The Morgan fingerprint density at radius 1 is 1.24 bits per heavy atom. The van der Waals surface area contributed by atoms with Gasteiger partial charge < -0.3 is 10.2 Å². The van der Waals surface area contributed by atoms with Gasteiger partial charge >= 0.3 is 6.03 Å². The molecule has 2 bridgehead atoms. The zero-order valence-corrected chi connectivity index (χ0v) is 15.7. The quantitative estimate of drug-likeness (QED) is 0.896. The van der Waals surface area contributed by atoms with Gasteiger partial charge in [-0.15, -0.1) is 0 Å². The number of amides is 2. The zero-order valence-electron chi connectivity index (χ0n) is 15.7. The number of aryl methyl sites for hydroxylation is 1. The monoisotopic (exact) mass is 345 g/mol. The number of carbonyl (C=O) groups excluding carboxylic acids is 1. The van der Waals surface area contributed by atoms with Crippen molar-refractivity contribution in [2.75, 3.05) is 13.1 Å². The highest BCUT2D eigenvalue weighted by Crippen LogP contribution is 2.33. The van der Waals surface area contributed by atoms with E-state index in [1.165, 1.54) is 24.1 Å². The first-order valence-corrected chi connectivity index (χ1v) is 9.88. The maximum absolute atomic E-state index is 13.0. The van der Waals surface area contributed by atoms with Gasteiger partial charge in [-0.2, -0.15) is 5.10 Å². The number of likely N-dealkylation sites (tertiary alicyclic amines) is 1. The molecule has 0 spiro atoms. The minimum Gasteiger partial charge on any atom is -0.331 e. The fourth-order valence-corrected chi connectivity index (χ4v) is 5.23. The molecule has 6 nitrogen and oxygen atoms in total. The molecule has 0 radical (unpaired) electrons. The van der Waals surface area contributed by atoms with Gasteiger partial charge in [0.15, 0.2) is 0 Å². The maximum Gasteiger partial charge on any atom is 0.317 e. The number of urea groups is 1. The van der Waals surface area contributed by atoms with Crippen molar-refractivity contribution < 1.29 is 4.79 Å². The minimum atomic E-state index is 0.109. The predicted octanol–water partition coefficient (Wildman–Crippen LogP) is 2.45. The van der Waals surface area contributed by atoms with Crippen molar-refractivity contribution in [3.05, 3.63) is 17.5 Å². The van der Waals surface area contributed by atoms with E-state index >= 15 is 0 Å². The topological polar surface area (TPSA) is 53.4 Å². The van der Waals surface area contributed by atoms with Crippen molar-refractivity contribution in [1.82, 2.24) is 24.9 Å². The summed E-state index contributed by atoms with van der Waals surface area (Å²) in [6.07, 6.45) is 8.75. The van der Waals surface area contributed by atoms with E-state index in [1.54, 1.807) is 0 Å². The van der Waals surface area contributed by atoms with Gasteiger partial charge in [-0.25, -0.2) is 4.79 Å². The van der Waals surface area contributed by atoms with Crippen LogP contribution in [-0.4, -0.2) is 56.8 Å². The van der Waals surface area contributed by atoms with E-state index in [0.29, 0.717) is 18.1 Å². The summed E-state index contributed by atoms with van der Waals surface area (Å²) in [4.78, 5) is 17.7. The SMILES string of the molecule is CC(C)N1[C@H]2CC[C@H]1CN(C(=O)N[C@@H]1CCCc3c1cnn3C)CC2. The van der Waals surface area contributed by atoms with Gasteiger partial charge in [0, 0.05) is 49.5 Å². The van der Waals surface area contributed by atoms with Crippen LogP contribution >= 0.6 is 0 Å². The highest BCUT2D eigenvalue weighted by atomic mass is 16.2. The van der Waals surface area contributed by atoms with Crippen molar-refractivity contribution in [3.63, 3.8) is 0 Å². The van der Waals surface area contributed by atoms with Gasteiger partial charge in [-0.05, 0) is 52.4 Å². The standard InChI is InChI=1S/C19H31N5O/c1-13(2)24-14-7-8-15(24)12-23(10-9-14)19(25)21-17-5-4-6-18-16(17)11-20-22(18)3/h11,13-15,17H,4-10,12H2,1-3H3,(H,21,25)/t14-,15-,17+/m0/s1. The summed E-state index contributed by atoms with van der Waals surface area (Å²) in [7, 11) is 2.00. The molecule has 1 aromatic rings. The normalized spacial score (nSPS) is 29.6. The molecule has 3 heterocycles. The first-order chi connectivity index (χ1) is 12.0. The Kier molecular flexibility index (Phi) is 4.48. The van der Waals surface area contributed by atoms with Crippen molar-refractivity contribution in [1.29, 1.82) is 0 Å². The van der Waals surface area contributed by atoms with Crippen molar-refractivity contribution in [3.8, 4) is 0 Å². The Labute approximate surface area is 150 Å². The first-order valence-electron chi connectivity index (χ1n) is 9.88. The molecular weight excluding hydrogens is 314 g/mol. The van der Waals surface area contributed by atoms with Crippen LogP contribution < -0.4 is 5.32 Å². The Bertz CT molecular complexity index is 640. The van der Waals surface area contributed by atoms with Crippen molar-refractivity contribution in [2.24, 2.45) is 7.05 Å². The van der Waals surface area contributed by atoms with E-state index in [9.17, 15) is 4.79 Å². The molecule has 1 aliphatic carbocycles.